The van der Waals surface area contributed by atoms with Gasteiger partial charge in [0.2, 0.25) is 0 Å². The zero-order chi connectivity index (χ0) is 21.9. The van der Waals surface area contributed by atoms with Gasteiger partial charge in [0, 0.05) is 17.5 Å². The SMILES string of the molecule is CCc1ncc(-c2ccc(C#Cc3ccc(-c4cnc(C5CCCN5C)[nH]4)cc3)cc2)[nH]1. The number of nitrogens with one attached hydrogen (secondary N) is 2. The van der Waals surface area contributed by atoms with Crippen molar-refractivity contribution in [1.82, 2.24) is 24.8 Å². The van der Waals surface area contributed by atoms with E-state index in [4.69, 9.17) is 0 Å². The van der Waals surface area contributed by atoms with Gasteiger partial charge in [-0.05, 0) is 61.8 Å². The van der Waals surface area contributed by atoms with E-state index in [1.165, 1.54) is 12.8 Å². The summed E-state index contributed by atoms with van der Waals surface area (Å²) in [4.78, 5) is 18.2. The molecule has 1 saturated heterocycles. The van der Waals surface area contributed by atoms with E-state index in [1.54, 1.807) is 0 Å². The van der Waals surface area contributed by atoms with E-state index in [9.17, 15) is 0 Å². The molecule has 5 rings (SSSR count). The lowest BCUT2D eigenvalue weighted by Gasteiger charge is -2.16. The Morgan fingerprint density at radius 3 is 2.00 bits per heavy atom. The minimum Gasteiger partial charge on any atom is -0.342 e. The van der Waals surface area contributed by atoms with Crippen LogP contribution in [0.1, 0.15) is 48.6 Å². The van der Waals surface area contributed by atoms with Gasteiger partial charge in [0.25, 0.3) is 0 Å². The van der Waals surface area contributed by atoms with Gasteiger partial charge in [0.05, 0.1) is 29.8 Å². The van der Waals surface area contributed by atoms with Crippen molar-refractivity contribution in [3.05, 3.63) is 83.7 Å². The first-order valence-corrected chi connectivity index (χ1v) is 11.2. The molecule has 1 fully saturated rings. The van der Waals surface area contributed by atoms with Crippen LogP contribution < -0.4 is 0 Å². The third-order valence-corrected chi connectivity index (χ3v) is 6.14. The van der Waals surface area contributed by atoms with Crippen molar-refractivity contribution >= 4 is 0 Å². The van der Waals surface area contributed by atoms with E-state index in [-0.39, 0.29) is 0 Å². The van der Waals surface area contributed by atoms with E-state index in [0.29, 0.717) is 6.04 Å². The normalized spacial score (nSPS) is 16.1. The number of hydrogen-bond donors (Lipinski definition) is 2. The Kier molecular flexibility index (Phi) is 5.62. The molecular weight excluding hydrogens is 394 g/mol. The minimum absolute atomic E-state index is 0.405. The average Bonchev–Trinajstić information content (AvgIpc) is 3.59. The number of nitrogens with zero attached hydrogens (tertiary/aromatic N) is 3. The predicted molar refractivity (Wildman–Crippen MR) is 128 cm³/mol. The summed E-state index contributed by atoms with van der Waals surface area (Å²) >= 11 is 0. The highest BCUT2D eigenvalue weighted by molar-refractivity contribution is 5.62. The molecule has 1 aliphatic rings. The molecule has 5 heteroatoms. The van der Waals surface area contributed by atoms with Gasteiger partial charge >= 0.3 is 0 Å². The molecule has 1 aliphatic heterocycles. The molecule has 2 N–H and O–H groups in total. The third-order valence-electron chi connectivity index (χ3n) is 6.14. The molecular formula is C27H27N5. The van der Waals surface area contributed by atoms with Gasteiger partial charge in [0.1, 0.15) is 11.6 Å². The van der Waals surface area contributed by atoms with Crippen molar-refractivity contribution in [2.45, 2.75) is 32.2 Å². The first kappa shape index (κ1) is 20.3. The quantitative estimate of drug-likeness (QED) is 0.446. The molecule has 4 aromatic rings. The van der Waals surface area contributed by atoms with E-state index < -0.39 is 0 Å². The topological polar surface area (TPSA) is 60.6 Å². The van der Waals surface area contributed by atoms with Crippen LogP contribution in [0.2, 0.25) is 0 Å². The lowest BCUT2D eigenvalue weighted by Crippen LogP contribution is -2.18. The monoisotopic (exact) mass is 421 g/mol. The molecule has 0 bridgehead atoms. The Bertz CT molecular complexity index is 1250. The summed E-state index contributed by atoms with van der Waals surface area (Å²) in [6.07, 6.45) is 7.13. The van der Waals surface area contributed by atoms with Gasteiger partial charge in [-0.2, -0.15) is 0 Å². The Hall–Kier alpha value is -3.62. The zero-order valence-corrected chi connectivity index (χ0v) is 18.5. The van der Waals surface area contributed by atoms with Crippen molar-refractivity contribution in [3.63, 3.8) is 0 Å². The van der Waals surface area contributed by atoms with Crippen molar-refractivity contribution in [2.75, 3.05) is 13.6 Å². The molecule has 160 valence electrons. The highest BCUT2D eigenvalue weighted by Gasteiger charge is 2.25. The molecule has 0 spiro atoms. The van der Waals surface area contributed by atoms with Crippen molar-refractivity contribution in [2.24, 2.45) is 0 Å². The van der Waals surface area contributed by atoms with Gasteiger partial charge < -0.3 is 9.97 Å². The highest BCUT2D eigenvalue weighted by atomic mass is 15.2. The Morgan fingerprint density at radius 2 is 1.47 bits per heavy atom. The largest absolute Gasteiger partial charge is 0.342 e. The molecule has 3 heterocycles. The molecule has 5 nitrogen and oxygen atoms in total. The Morgan fingerprint density at radius 1 is 0.875 bits per heavy atom. The van der Waals surface area contributed by atoms with Crippen molar-refractivity contribution < 1.29 is 0 Å². The number of likely N-dealkylation sites (tertiary alicyclic amines) is 1. The van der Waals surface area contributed by atoms with Crippen LogP contribution in [0.3, 0.4) is 0 Å². The molecule has 0 amide bonds. The van der Waals surface area contributed by atoms with Gasteiger partial charge in [-0.15, -0.1) is 0 Å². The van der Waals surface area contributed by atoms with Crippen LogP contribution >= 0.6 is 0 Å². The maximum Gasteiger partial charge on any atom is 0.123 e. The fourth-order valence-electron chi connectivity index (χ4n) is 4.21. The second-order valence-electron chi connectivity index (χ2n) is 8.32. The summed E-state index contributed by atoms with van der Waals surface area (Å²) < 4.78 is 0. The Balaban J connectivity index is 1.27. The van der Waals surface area contributed by atoms with Crippen LogP contribution in [0.25, 0.3) is 22.5 Å². The second-order valence-corrected chi connectivity index (χ2v) is 8.32. The lowest BCUT2D eigenvalue weighted by molar-refractivity contribution is 0.307. The van der Waals surface area contributed by atoms with Gasteiger partial charge in [-0.1, -0.05) is 43.0 Å². The summed E-state index contributed by atoms with van der Waals surface area (Å²) in [6, 6.07) is 17.0. The molecule has 2 aromatic heterocycles. The molecule has 0 radical (unpaired) electrons. The number of imidazole rings is 2. The highest BCUT2D eigenvalue weighted by Crippen LogP contribution is 2.29. The zero-order valence-electron chi connectivity index (χ0n) is 18.5. The van der Waals surface area contributed by atoms with Gasteiger partial charge in [-0.25, -0.2) is 9.97 Å². The van der Waals surface area contributed by atoms with Crippen LogP contribution in [0.15, 0.2) is 60.9 Å². The predicted octanol–water partition coefficient (Wildman–Crippen LogP) is 5.20. The molecule has 1 unspecified atom stereocenters. The van der Waals surface area contributed by atoms with Crippen LogP contribution in [0.5, 0.6) is 0 Å². The third kappa shape index (κ3) is 4.23. The second kappa shape index (κ2) is 8.86. The lowest BCUT2D eigenvalue weighted by atomic mass is 10.1. The summed E-state index contributed by atoms with van der Waals surface area (Å²) in [7, 11) is 2.17. The number of rotatable bonds is 4. The summed E-state index contributed by atoms with van der Waals surface area (Å²) in [5.74, 6) is 8.59. The van der Waals surface area contributed by atoms with E-state index >= 15 is 0 Å². The minimum atomic E-state index is 0.405. The molecule has 1 atom stereocenters. The van der Waals surface area contributed by atoms with Gasteiger partial charge in [0.15, 0.2) is 0 Å². The Labute approximate surface area is 188 Å². The van der Waals surface area contributed by atoms with E-state index in [1.807, 2.05) is 12.4 Å². The first-order chi connectivity index (χ1) is 15.7. The van der Waals surface area contributed by atoms with Crippen LogP contribution in [-0.2, 0) is 6.42 Å². The van der Waals surface area contributed by atoms with Crippen molar-refractivity contribution in [3.8, 4) is 34.4 Å². The molecule has 0 saturated carbocycles. The van der Waals surface area contributed by atoms with Crippen LogP contribution in [-0.4, -0.2) is 38.4 Å². The van der Waals surface area contributed by atoms with Crippen molar-refractivity contribution in [1.29, 1.82) is 0 Å². The number of aromatic nitrogens is 4. The fourth-order valence-corrected chi connectivity index (χ4v) is 4.21. The maximum absolute atomic E-state index is 4.63. The number of benzene rings is 2. The number of aryl methyl sites for hydroxylation is 1. The molecule has 0 aliphatic carbocycles. The van der Waals surface area contributed by atoms with Crippen LogP contribution in [0, 0.1) is 11.8 Å². The standard InChI is InChI=1S/C27H27N5/c1-3-26-28-17-23(30-26)21-12-8-19(9-13-21)6-7-20-10-14-22(15-11-20)24-18-29-27(31-24)25-5-4-16-32(25)2/h8-15,17-18,25H,3-5,16H2,1-2H3,(H,28,30)(H,29,31). The number of aromatic amines is 2. The summed E-state index contributed by atoms with van der Waals surface area (Å²) in [5.41, 5.74) is 6.33. The number of H-pyrrole nitrogens is 2. The number of hydrogen-bond acceptors (Lipinski definition) is 3. The van der Waals surface area contributed by atoms with E-state index in [0.717, 1.165) is 58.3 Å². The average molecular weight is 422 g/mol. The maximum atomic E-state index is 4.63. The molecule has 32 heavy (non-hydrogen) atoms. The van der Waals surface area contributed by atoms with Crippen LogP contribution in [0.4, 0.5) is 0 Å². The smallest absolute Gasteiger partial charge is 0.123 e. The van der Waals surface area contributed by atoms with Gasteiger partial charge in [-0.3, -0.25) is 4.90 Å². The fraction of sp³-hybridized carbons (Fsp3) is 0.259. The first-order valence-electron chi connectivity index (χ1n) is 11.2. The summed E-state index contributed by atoms with van der Waals surface area (Å²) in [6.45, 7) is 3.23. The van der Waals surface area contributed by atoms with E-state index in [2.05, 4.69) is 99.2 Å². The summed E-state index contributed by atoms with van der Waals surface area (Å²) in [5, 5.41) is 0. The molecule has 2 aromatic carbocycles.